The second-order valence-electron chi connectivity index (χ2n) is 8.42. The van der Waals surface area contributed by atoms with Gasteiger partial charge >= 0.3 is 0 Å². The van der Waals surface area contributed by atoms with Crippen LogP contribution < -0.4 is 0 Å². The third-order valence-corrected chi connectivity index (χ3v) is 5.29. The zero-order chi connectivity index (χ0) is 21.9. The van der Waals surface area contributed by atoms with Crippen LogP contribution in [0.1, 0.15) is 34.1 Å². The fourth-order valence-corrected chi connectivity index (χ4v) is 3.58. The van der Waals surface area contributed by atoms with Crippen molar-refractivity contribution in [3.63, 3.8) is 0 Å². The van der Waals surface area contributed by atoms with Crippen LogP contribution in [0.4, 0.5) is 0 Å². The summed E-state index contributed by atoms with van der Waals surface area (Å²) in [5, 5.41) is 60.9. The summed E-state index contributed by atoms with van der Waals surface area (Å²) in [5.74, 6) is -0.442. The average Bonchev–Trinajstić information content (AvgIpc) is 2.65. The lowest BCUT2D eigenvalue weighted by Gasteiger charge is -2.43. The zero-order valence-corrected chi connectivity index (χ0v) is 17.4. The van der Waals surface area contributed by atoms with Crippen LogP contribution in [0.15, 0.2) is 0 Å². The Labute approximate surface area is 171 Å². The molecule has 0 amide bonds. The van der Waals surface area contributed by atoms with E-state index in [0.29, 0.717) is 0 Å². The van der Waals surface area contributed by atoms with Crippen LogP contribution in [-0.2, 0) is 18.9 Å². The van der Waals surface area contributed by atoms with Gasteiger partial charge in [0, 0.05) is 5.92 Å². The van der Waals surface area contributed by atoms with Crippen molar-refractivity contribution < 1.29 is 49.6 Å². The number of rotatable bonds is 8. The number of aliphatic hydroxyl groups is 6. The van der Waals surface area contributed by atoms with E-state index in [1.54, 1.807) is 13.8 Å². The first-order valence-corrected chi connectivity index (χ1v) is 10.1. The molecular formula is C19H36O10. The van der Waals surface area contributed by atoms with Crippen LogP contribution in [0.25, 0.3) is 0 Å². The summed E-state index contributed by atoms with van der Waals surface area (Å²) in [4.78, 5) is 0. The highest BCUT2D eigenvalue weighted by atomic mass is 16.7. The molecule has 29 heavy (non-hydrogen) atoms. The Kier molecular flexibility index (Phi) is 9.23. The molecule has 0 bridgehead atoms. The molecule has 1 saturated carbocycles. The molecule has 2 rings (SSSR count). The monoisotopic (exact) mass is 424 g/mol. The Balaban J connectivity index is 1.98. The molecule has 0 spiro atoms. The van der Waals surface area contributed by atoms with Crippen molar-refractivity contribution in [1.82, 2.24) is 0 Å². The molecular weight excluding hydrogens is 388 g/mol. The number of aliphatic hydroxyl groups excluding tert-OH is 6. The van der Waals surface area contributed by atoms with Crippen molar-refractivity contribution in [2.45, 2.75) is 101 Å². The highest BCUT2D eigenvalue weighted by Crippen LogP contribution is 2.30. The quantitative estimate of drug-likeness (QED) is 0.261. The van der Waals surface area contributed by atoms with Gasteiger partial charge in [-0.2, -0.15) is 0 Å². The Hall–Kier alpha value is -0.400. The number of hydrogen-bond acceptors (Lipinski definition) is 10. The van der Waals surface area contributed by atoms with E-state index in [0.717, 1.165) is 0 Å². The van der Waals surface area contributed by atoms with E-state index in [-0.39, 0.29) is 31.8 Å². The summed E-state index contributed by atoms with van der Waals surface area (Å²) in [6.07, 6.45) is -11.3. The molecule has 0 aromatic carbocycles. The standard InChI is InChI=1S/C19H36O10/c1-8(2)26-6-10-5-11(14(21)16(23)13(10)20)27-7-12-15(22)17(24)18(25)19(29-12)28-9(3)4/h8-25H,5-7H2,1-4H3/t10-,11+,12-,13-,14+,15-,16+,17+,18-,19-/m1/s1. The van der Waals surface area contributed by atoms with Gasteiger partial charge < -0.3 is 49.6 Å². The lowest BCUT2D eigenvalue weighted by Crippen LogP contribution is -2.60. The SMILES string of the molecule is CC(C)OC[C@H]1C[C@H](OC[C@H]2O[C@@H](OC(C)C)[C@H](O)[C@@H](O)[C@@H]2O)[C@H](O)[C@@H](O)[C@@H]1O. The van der Waals surface area contributed by atoms with E-state index in [4.69, 9.17) is 18.9 Å². The van der Waals surface area contributed by atoms with Gasteiger partial charge in [0.2, 0.25) is 0 Å². The molecule has 10 heteroatoms. The fourth-order valence-electron chi connectivity index (χ4n) is 3.58. The largest absolute Gasteiger partial charge is 0.390 e. The van der Waals surface area contributed by atoms with Gasteiger partial charge in [-0.3, -0.25) is 0 Å². The van der Waals surface area contributed by atoms with E-state index in [1.165, 1.54) is 0 Å². The van der Waals surface area contributed by atoms with Crippen molar-refractivity contribution in [2.24, 2.45) is 5.92 Å². The first kappa shape index (κ1) is 24.9. The van der Waals surface area contributed by atoms with Crippen molar-refractivity contribution in [2.75, 3.05) is 13.2 Å². The minimum absolute atomic E-state index is 0.0536. The molecule has 1 saturated heterocycles. The highest BCUT2D eigenvalue weighted by molar-refractivity contribution is 4.94. The first-order valence-electron chi connectivity index (χ1n) is 10.1. The van der Waals surface area contributed by atoms with Gasteiger partial charge in [0.25, 0.3) is 0 Å². The second-order valence-corrected chi connectivity index (χ2v) is 8.42. The molecule has 10 atom stereocenters. The third-order valence-electron chi connectivity index (χ3n) is 5.29. The summed E-state index contributed by atoms with van der Waals surface area (Å²) < 4.78 is 22.2. The van der Waals surface area contributed by atoms with E-state index in [1.807, 2.05) is 13.8 Å². The molecule has 172 valence electrons. The maximum atomic E-state index is 10.3. The van der Waals surface area contributed by atoms with Crippen molar-refractivity contribution in [1.29, 1.82) is 0 Å². The molecule has 0 aromatic heterocycles. The molecule has 1 aliphatic heterocycles. The van der Waals surface area contributed by atoms with Crippen LogP contribution in [0.3, 0.4) is 0 Å². The van der Waals surface area contributed by atoms with Gasteiger partial charge in [-0.25, -0.2) is 0 Å². The van der Waals surface area contributed by atoms with Gasteiger partial charge in [0.1, 0.15) is 36.6 Å². The van der Waals surface area contributed by atoms with Gasteiger partial charge in [-0.15, -0.1) is 0 Å². The Morgan fingerprint density at radius 3 is 1.97 bits per heavy atom. The minimum Gasteiger partial charge on any atom is -0.390 e. The van der Waals surface area contributed by atoms with E-state index < -0.39 is 61.0 Å². The normalized spacial score (nSPS) is 43.9. The maximum Gasteiger partial charge on any atom is 0.186 e. The average molecular weight is 424 g/mol. The summed E-state index contributed by atoms with van der Waals surface area (Å²) in [5.41, 5.74) is 0. The molecule has 2 fully saturated rings. The fraction of sp³-hybridized carbons (Fsp3) is 1.00. The lowest BCUT2D eigenvalue weighted by atomic mass is 9.81. The Morgan fingerprint density at radius 1 is 0.759 bits per heavy atom. The summed E-state index contributed by atoms with van der Waals surface area (Å²) in [7, 11) is 0. The van der Waals surface area contributed by atoms with Gasteiger partial charge in [0.15, 0.2) is 6.29 Å². The Bertz CT molecular complexity index is 490. The highest BCUT2D eigenvalue weighted by Gasteiger charge is 2.47. The predicted octanol–water partition coefficient (Wildman–Crippen LogP) is -1.87. The maximum absolute atomic E-state index is 10.3. The Morgan fingerprint density at radius 2 is 1.38 bits per heavy atom. The lowest BCUT2D eigenvalue weighted by molar-refractivity contribution is -0.313. The summed E-state index contributed by atoms with van der Waals surface area (Å²) in [6, 6.07) is 0. The molecule has 10 nitrogen and oxygen atoms in total. The van der Waals surface area contributed by atoms with E-state index in [2.05, 4.69) is 0 Å². The minimum atomic E-state index is -1.49. The second kappa shape index (κ2) is 10.8. The smallest absolute Gasteiger partial charge is 0.186 e. The summed E-state index contributed by atoms with van der Waals surface area (Å²) >= 11 is 0. The molecule has 0 aromatic rings. The zero-order valence-electron chi connectivity index (χ0n) is 17.4. The van der Waals surface area contributed by atoms with Gasteiger partial charge in [-0.1, -0.05) is 0 Å². The topological polar surface area (TPSA) is 158 Å². The van der Waals surface area contributed by atoms with Crippen LogP contribution in [-0.4, -0.2) is 111 Å². The molecule has 6 N–H and O–H groups in total. The molecule has 1 aliphatic carbocycles. The van der Waals surface area contributed by atoms with Crippen molar-refractivity contribution in [3.05, 3.63) is 0 Å². The summed E-state index contributed by atoms with van der Waals surface area (Å²) in [6.45, 7) is 7.16. The van der Waals surface area contributed by atoms with Gasteiger partial charge in [-0.05, 0) is 34.1 Å². The third kappa shape index (κ3) is 6.30. The van der Waals surface area contributed by atoms with Crippen LogP contribution in [0.5, 0.6) is 0 Å². The van der Waals surface area contributed by atoms with Crippen molar-refractivity contribution >= 4 is 0 Å². The molecule has 0 unspecified atom stereocenters. The predicted molar refractivity (Wildman–Crippen MR) is 99.9 cm³/mol. The van der Waals surface area contributed by atoms with Crippen LogP contribution in [0, 0.1) is 5.92 Å². The van der Waals surface area contributed by atoms with E-state index in [9.17, 15) is 30.6 Å². The van der Waals surface area contributed by atoms with Crippen LogP contribution in [0.2, 0.25) is 0 Å². The number of hydrogen-bond donors (Lipinski definition) is 6. The first-order chi connectivity index (χ1) is 13.5. The van der Waals surface area contributed by atoms with Crippen LogP contribution >= 0.6 is 0 Å². The number of ether oxygens (including phenoxy) is 4. The molecule has 2 aliphatic rings. The van der Waals surface area contributed by atoms with Gasteiger partial charge in [0.05, 0.1) is 37.6 Å². The molecule has 0 radical (unpaired) electrons. The van der Waals surface area contributed by atoms with Crippen molar-refractivity contribution in [3.8, 4) is 0 Å². The van der Waals surface area contributed by atoms with E-state index >= 15 is 0 Å². The molecule has 1 heterocycles.